The molecule has 24 heavy (non-hydrogen) atoms. The number of hydrogen-bond acceptors (Lipinski definition) is 6. The normalized spacial score (nSPS) is 21.1. The number of nitrogens with two attached hydrogens (primary N) is 1. The third-order valence-corrected chi connectivity index (χ3v) is 4.18. The monoisotopic (exact) mass is 332 g/mol. The summed E-state index contributed by atoms with van der Waals surface area (Å²) in [5.41, 5.74) is 6.30. The Morgan fingerprint density at radius 2 is 2.33 bits per heavy atom. The number of nitrogens with zero attached hydrogens (tertiary/aromatic N) is 3. The van der Waals surface area contributed by atoms with E-state index in [1.165, 1.54) is 6.07 Å². The lowest BCUT2D eigenvalue weighted by atomic mass is 9.75. The molecule has 0 radical (unpaired) electrons. The van der Waals surface area contributed by atoms with Crippen LogP contribution in [0.1, 0.15) is 30.1 Å². The van der Waals surface area contributed by atoms with Crippen molar-refractivity contribution in [2.45, 2.75) is 31.4 Å². The minimum atomic E-state index is -0.392. The van der Waals surface area contributed by atoms with E-state index < -0.39 is 5.56 Å². The lowest BCUT2D eigenvalue weighted by Gasteiger charge is -2.37. The molecule has 5 N–H and O–H groups in total. The topological polar surface area (TPSA) is 139 Å². The lowest BCUT2D eigenvalue weighted by Crippen LogP contribution is -2.41. The Morgan fingerprint density at radius 1 is 1.58 bits per heavy atom. The molecule has 1 amide bonds. The second kappa shape index (κ2) is 6.44. The molecule has 0 aliphatic heterocycles. The number of nitrogens with one attached hydrogen (secondary N) is 2. The van der Waals surface area contributed by atoms with E-state index in [2.05, 4.69) is 20.4 Å². The Bertz CT molecular complexity index is 793. The van der Waals surface area contributed by atoms with Gasteiger partial charge in [-0.05, 0) is 18.8 Å². The fraction of sp³-hybridized carbons (Fsp3) is 0.467. The van der Waals surface area contributed by atoms with Crippen LogP contribution in [-0.2, 0) is 18.3 Å². The van der Waals surface area contributed by atoms with Crippen LogP contribution < -0.4 is 16.6 Å². The second-order valence-corrected chi connectivity index (χ2v) is 6.18. The highest BCUT2D eigenvalue weighted by Crippen LogP contribution is 2.37. The first-order valence-electron chi connectivity index (χ1n) is 7.72. The van der Waals surface area contributed by atoms with Gasteiger partial charge in [0.2, 0.25) is 11.9 Å². The number of aliphatic hydroxyl groups is 1. The van der Waals surface area contributed by atoms with Crippen molar-refractivity contribution in [2.75, 3.05) is 5.73 Å². The molecule has 3 rings (SSSR count). The van der Waals surface area contributed by atoms with Crippen LogP contribution in [0, 0.1) is 5.92 Å². The minimum Gasteiger partial charge on any atom is -0.393 e. The summed E-state index contributed by atoms with van der Waals surface area (Å²) in [5, 5.41) is 16.7. The summed E-state index contributed by atoms with van der Waals surface area (Å²) < 4.78 is 1.67. The number of amides is 1. The van der Waals surface area contributed by atoms with Crippen molar-refractivity contribution in [3.63, 3.8) is 0 Å². The lowest BCUT2D eigenvalue weighted by molar-refractivity contribution is -0.122. The first-order valence-corrected chi connectivity index (χ1v) is 7.72. The van der Waals surface area contributed by atoms with E-state index >= 15 is 0 Å². The van der Waals surface area contributed by atoms with Crippen molar-refractivity contribution < 1.29 is 9.90 Å². The number of anilines is 1. The highest BCUT2D eigenvalue weighted by Gasteiger charge is 2.36. The number of aliphatic hydroxyl groups excluding tert-OH is 1. The van der Waals surface area contributed by atoms with Gasteiger partial charge in [0.25, 0.3) is 5.56 Å². The van der Waals surface area contributed by atoms with Gasteiger partial charge in [0.15, 0.2) is 0 Å². The van der Waals surface area contributed by atoms with Crippen molar-refractivity contribution in [1.82, 2.24) is 25.1 Å². The fourth-order valence-electron chi connectivity index (χ4n) is 2.98. The molecular formula is C15H20N6O3. The summed E-state index contributed by atoms with van der Waals surface area (Å²) in [6, 6.07) is 1.02. The Balaban J connectivity index is 1.72. The molecule has 1 fully saturated rings. The van der Waals surface area contributed by atoms with Gasteiger partial charge in [-0.15, -0.1) is 0 Å². The van der Waals surface area contributed by atoms with Gasteiger partial charge < -0.3 is 16.2 Å². The molecule has 0 aromatic carbocycles. The molecule has 0 saturated heterocycles. The van der Waals surface area contributed by atoms with Crippen LogP contribution in [0.3, 0.4) is 0 Å². The molecule has 0 unspecified atom stereocenters. The van der Waals surface area contributed by atoms with Gasteiger partial charge >= 0.3 is 0 Å². The van der Waals surface area contributed by atoms with Crippen molar-refractivity contribution in [1.29, 1.82) is 0 Å². The third-order valence-electron chi connectivity index (χ3n) is 4.18. The highest BCUT2D eigenvalue weighted by atomic mass is 16.3. The number of aromatic nitrogens is 4. The van der Waals surface area contributed by atoms with Crippen LogP contribution >= 0.6 is 0 Å². The zero-order valence-electron chi connectivity index (χ0n) is 13.3. The number of carbonyl (C=O) groups excluding carboxylic acids is 1. The van der Waals surface area contributed by atoms with Crippen LogP contribution in [0.15, 0.2) is 23.3 Å². The molecular weight excluding hydrogens is 312 g/mol. The number of aromatic amines is 1. The summed E-state index contributed by atoms with van der Waals surface area (Å²) >= 11 is 0. The van der Waals surface area contributed by atoms with Gasteiger partial charge in [0.1, 0.15) is 0 Å². The van der Waals surface area contributed by atoms with Crippen LogP contribution in [0.25, 0.3) is 0 Å². The second-order valence-electron chi connectivity index (χ2n) is 6.18. The Hall–Kier alpha value is -2.68. The SMILES string of the molecule is Cn1cc([C@@H](NC(=O)Cc2cc(=O)[nH]c(N)n2)C2CC(O)C2)cn1. The first-order chi connectivity index (χ1) is 11.4. The van der Waals surface area contributed by atoms with E-state index in [4.69, 9.17) is 5.73 Å². The van der Waals surface area contributed by atoms with Gasteiger partial charge in [0, 0.05) is 24.9 Å². The molecule has 9 heteroatoms. The van der Waals surface area contributed by atoms with Gasteiger partial charge in [-0.2, -0.15) is 5.10 Å². The third kappa shape index (κ3) is 3.62. The maximum atomic E-state index is 12.4. The standard InChI is InChI=1S/C15H20N6O3/c1-21-7-9(6-17-21)14(8-2-11(22)3-8)19-12(23)4-10-5-13(24)20-15(16)18-10/h5-8,11,14,22H,2-4H2,1H3,(H,19,23)(H3,16,18,20,24)/t8?,11?,14-/m0/s1. The molecule has 0 bridgehead atoms. The average Bonchev–Trinajstić information content (AvgIpc) is 2.87. The molecule has 2 heterocycles. The predicted octanol–water partition coefficient (Wildman–Crippen LogP) is -0.743. The highest BCUT2D eigenvalue weighted by molar-refractivity contribution is 5.78. The maximum absolute atomic E-state index is 12.4. The number of carbonyl (C=O) groups is 1. The maximum Gasteiger partial charge on any atom is 0.252 e. The van der Waals surface area contributed by atoms with Gasteiger partial charge in [-0.25, -0.2) is 4.98 Å². The summed E-state index contributed by atoms with van der Waals surface area (Å²) in [4.78, 5) is 30.0. The van der Waals surface area contributed by atoms with Crippen LogP contribution in [0.2, 0.25) is 0 Å². The zero-order chi connectivity index (χ0) is 17.3. The van der Waals surface area contributed by atoms with Crippen LogP contribution in [-0.4, -0.2) is 36.9 Å². The van der Waals surface area contributed by atoms with Crippen molar-refractivity contribution >= 4 is 11.9 Å². The van der Waals surface area contributed by atoms with Crippen molar-refractivity contribution in [2.24, 2.45) is 13.0 Å². The predicted molar refractivity (Wildman–Crippen MR) is 85.8 cm³/mol. The Kier molecular flexibility index (Phi) is 4.34. The number of aryl methyl sites for hydroxylation is 1. The van der Waals surface area contributed by atoms with Crippen LogP contribution in [0.4, 0.5) is 5.95 Å². The van der Waals surface area contributed by atoms with Gasteiger partial charge in [-0.3, -0.25) is 19.3 Å². The number of hydrogen-bond donors (Lipinski definition) is 4. The summed E-state index contributed by atoms with van der Waals surface area (Å²) in [7, 11) is 1.81. The summed E-state index contributed by atoms with van der Waals surface area (Å²) in [5.74, 6) is -0.121. The molecule has 1 aliphatic carbocycles. The molecule has 1 aliphatic rings. The van der Waals surface area contributed by atoms with Crippen LogP contribution in [0.5, 0.6) is 0 Å². The molecule has 2 aromatic heterocycles. The Morgan fingerprint density at radius 3 is 2.92 bits per heavy atom. The fourth-order valence-corrected chi connectivity index (χ4v) is 2.98. The molecule has 1 saturated carbocycles. The number of H-pyrrole nitrogens is 1. The minimum absolute atomic E-state index is 0.0174. The number of rotatable bonds is 5. The quantitative estimate of drug-likeness (QED) is 0.568. The molecule has 128 valence electrons. The van der Waals surface area contributed by atoms with Gasteiger partial charge in [0.05, 0.1) is 30.5 Å². The molecule has 9 nitrogen and oxygen atoms in total. The van der Waals surface area contributed by atoms with E-state index in [-0.39, 0.29) is 36.3 Å². The van der Waals surface area contributed by atoms with Gasteiger partial charge in [-0.1, -0.05) is 0 Å². The van der Waals surface area contributed by atoms with E-state index in [9.17, 15) is 14.7 Å². The van der Waals surface area contributed by atoms with Crippen molar-refractivity contribution in [3.8, 4) is 0 Å². The average molecular weight is 332 g/mol. The van der Waals surface area contributed by atoms with E-state index in [0.29, 0.717) is 18.5 Å². The first kappa shape index (κ1) is 16.2. The van der Waals surface area contributed by atoms with E-state index in [0.717, 1.165) is 5.56 Å². The largest absolute Gasteiger partial charge is 0.393 e. The summed E-state index contributed by atoms with van der Waals surface area (Å²) in [6.07, 6.45) is 4.46. The molecule has 2 aromatic rings. The number of nitrogen functional groups attached to an aromatic ring is 1. The summed E-state index contributed by atoms with van der Waals surface area (Å²) in [6.45, 7) is 0. The Labute approximate surface area is 137 Å². The van der Waals surface area contributed by atoms with Crippen molar-refractivity contribution in [3.05, 3.63) is 40.1 Å². The van der Waals surface area contributed by atoms with E-state index in [1.54, 1.807) is 17.9 Å². The van der Waals surface area contributed by atoms with E-state index in [1.807, 2.05) is 6.20 Å². The molecule has 1 atom stereocenters. The molecule has 0 spiro atoms. The zero-order valence-corrected chi connectivity index (χ0v) is 13.3. The smallest absolute Gasteiger partial charge is 0.252 e.